The van der Waals surface area contributed by atoms with E-state index in [1.165, 1.54) is 13.8 Å². The minimum Gasteiger partial charge on any atom is -0.850 e. The largest absolute Gasteiger partial charge is 2.00 e. The summed E-state index contributed by atoms with van der Waals surface area (Å²) in [6, 6.07) is -0.766. The van der Waals surface area contributed by atoms with E-state index in [9.17, 15) is 29.4 Å². The van der Waals surface area contributed by atoms with Crippen molar-refractivity contribution in [1.82, 2.24) is 10.6 Å². The molecule has 2 aliphatic rings. The van der Waals surface area contributed by atoms with E-state index in [1.54, 1.807) is 0 Å². The molecule has 0 aromatic rings. The molecule has 2 amide bonds. The van der Waals surface area contributed by atoms with Crippen molar-refractivity contribution in [2.75, 3.05) is 0 Å². The van der Waals surface area contributed by atoms with Crippen LogP contribution in [-0.4, -0.2) is 70.7 Å². The molecule has 7 unspecified atom stereocenters. The Morgan fingerprint density at radius 3 is 1.72 bits per heavy atom. The van der Waals surface area contributed by atoms with Crippen LogP contribution >= 0.6 is 0 Å². The Kier molecular flexibility index (Phi) is 11.5. The molecular formula is C20H32MgN2O6. The molecule has 0 saturated carbocycles. The minimum atomic E-state index is -1.12. The number of carbonyl (C=O) groups is 4. The molecule has 2 saturated heterocycles. The zero-order valence-corrected chi connectivity index (χ0v) is 19.6. The molecule has 0 aromatic carbocycles. The maximum absolute atomic E-state index is 11.7. The van der Waals surface area contributed by atoms with Gasteiger partial charge in [0.05, 0.1) is 11.8 Å². The molecule has 8 nitrogen and oxygen atoms in total. The van der Waals surface area contributed by atoms with Crippen molar-refractivity contribution in [2.24, 2.45) is 23.7 Å². The summed E-state index contributed by atoms with van der Waals surface area (Å²) in [7, 11) is 0. The quantitative estimate of drug-likeness (QED) is 0.398. The van der Waals surface area contributed by atoms with Gasteiger partial charge in [0.1, 0.15) is 11.6 Å². The Balaban J connectivity index is 0.000000523. The van der Waals surface area contributed by atoms with E-state index in [0.717, 1.165) is 6.42 Å². The number of carbonyl (C=O) groups excluding carboxylic acids is 4. The molecule has 2 heterocycles. The van der Waals surface area contributed by atoms with Crippen LogP contribution in [-0.2, 0) is 19.2 Å². The first-order valence-electron chi connectivity index (χ1n) is 9.85. The smallest absolute Gasteiger partial charge is 0.850 e. The molecule has 160 valence electrons. The van der Waals surface area contributed by atoms with Crippen LogP contribution in [0.2, 0.25) is 0 Å². The van der Waals surface area contributed by atoms with Gasteiger partial charge in [-0.25, -0.2) is 0 Å². The van der Waals surface area contributed by atoms with E-state index in [4.69, 9.17) is 0 Å². The molecule has 9 heteroatoms. The van der Waals surface area contributed by atoms with E-state index in [1.807, 2.05) is 27.7 Å². The van der Waals surface area contributed by atoms with Gasteiger partial charge in [-0.2, -0.15) is 0 Å². The van der Waals surface area contributed by atoms with Gasteiger partial charge in [0.2, 0.25) is 11.8 Å². The molecule has 0 aliphatic carbocycles. The van der Waals surface area contributed by atoms with Crippen molar-refractivity contribution in [3.63, 3.8) is 0 Å². The Morgan fingerprint density at radius 2 is 1.38 bits per heavy atom. The van der Waals surface area contributed by atoms with Crippen molar-refractivity contribution in [3.05, 3.63) is 0 Å². The van der Waals surface area contributed by atoms with E-state index in [2.05, 4.69) is 10.6 Å². The molecule has 2 rings (SSSR count). The van der Waals surface area contributed by atoms with Gasteiger partial charge < -0.3 is 20.8 Å². The summed E-state index contributed by atoms with van der Waals surface area (Å²) in [6.07, 6.45) is -0.754. The molecule has 0 aromatic heterocycles. The molecule has 2 N–H and O–H groups in total. The molecule has 0 radical (unpaired) electrons. The number of nitrogens with one attached hydrogen (secondary N) is 2. The summed E-state index contributed by atoms with van der Waals surface area (Å²) in [4.78, 5) is 44.7. The fourth-order valence-corrected chi connectivity index (χ4v) is 3.68. The van der Waals surface area contributed by atoms with Gasteiger partial charge in [0.15, 0.2) is 0 Å². The number of rotatable bonds is 6. The van der Waals surface area contributed by atoms with Crippen LogP contribution in [0, 0.1) is 23.7 Å². The molecule has 7 atom stereocenters. The van der Waals surface area contributed by atoms with Gasteiger partial charge in [-0.1, -0.05) is 46.3 Å². The number of amides is 2. The van der Waals surface area contributed by atoms with Crippen LogP contribution in [0.5, 0.6) is 0 Å². The van der Waals surface area contributed by atoms with Crippen molar-refractivity contribution in [2.45, 2.75) is 78.7 Å². The van der Waals surface area contributed by atoms with Crippen molar-refractivity contribution in [3.8, 4) is 0 Å². The minimum absolute atomic E-state index is 0. The fourth-order valence-electron chi connectivity index (χ4n) is 3.68. The number of ketones is 2. The topological polar surface area (TPSA) is 138 Å². The average Bonchev–Trinajstić information content (AvgIpc) is 3.02. The second kappa shape index (κ2) is 12.0. The number of hydrogen-bond donors (Lipinski definition) is 2. The third-order valence-electron chi connectivity index (χ3n) is 5.47. The van der Waals surface area contributed by atoms with E-state index in [0.29, 0.717) is 12.3 Å². The first-order chi connectivity index (χ1) is 12.9. The van der Waals surface area contributed by atoms with E-state index < -0.39 is 35.9 Å². The number of hydrogen-bond acceptors (Lipinski definition) is 6. The van der Waals surface area contributed by atoms with Gasteiger partial charge in [0, 0.05) is 12.1 Å². The van der Waals surface area contributed by atoms with Crippen molar-refractivity contribution >= 4 is 46.4 Å². The average molecular weight is 421 g/mol. The van der Waals surface area contributed by atoms with Crippen LogP contribution in [0.1, 0.15) is 54.4 Å². The Hall–Kier alpha value is -1.03. The molecule has 29 heavy (non-hydrogen) atoms. The first kappa shape index (κ1) is 28.0. The summed E-state index contributed by atoms with van der Waals surface area (Å²) in [5.74, 6) is -2.92. The SMILES string of the molecule is CC(=O)C1C(=O)NC(CC(C)C)C1[O-].CCC(C)C1NC(=O)C(C(C)=O)C1[O-].[Mg+2]. The third-order valence-corrected chi connectivity index (χ3v) is 5.47. The molecule has 2 fully saturated rings. The molecule has 2 aliphatic heterocycles. The van der Waals surface area contributed by atoms with Gasteiger partial charge in [-0.15, -0.1) is 0 Å². The zero-order chi connectivity index (χ0) is 21.8. The summed E-state index contributed by atoms with van der Waals surface area (Å²) in [5.41, 5.74) is 0. The van der Waals surface area contributed by atoms with Gasteiger partial charge in [-0.3, -0.25) is 19.2 Å². The summed E-state index contributed by atoms with van der Waals surface area (Å²) in [5, 5.41) is 28.6. The maximum Gasteiger partial charge on any atom is 2.00 e. The Morgan fingerprint density at radius 1 is 0.931 bits per heavy atom. The predicted molar refractivity (Wildman–Crippen MR) is 104 cm³/mol. The third kappa shape index (κ3) is 7.01. The normalized spacial score (nSPS) is 31.9. The standard InChI is InChI=1S/2C10H16NO3.Mg/c1-5(2)4-7-9(13)8(6(3)12)10(14)11-7;1-4-5(2)8-9(13)7(6(3)12)10(14)11-8;/h2*5,7-9H,4H2,1-3H3,(H,11,14);/q2*-1;+2. The zero-order valence-electron chi connectivity index (χ0n) is 18.2. The van der Waals surface area contributed by atoms with Crippen LogP contribution in [0.3, 0.4) is 0 Å². The fraction of sp³-hybridized carbons (Fsp3) is 0.800. The van der Waals surface area contributed by atoms with E-state index >= 15 is 0 Å². The Labute approximate surface area is 188 Å². The maximum atomic E-state index is 11.7. The van der Waals surface area contributed by atoms with Crippen LogP contribution in [0.15, 0.2) is 0 Å². The van der Waals surface area contributed by atoms with Crippen LogP contribution in [0.4, 0.5) is 0 Å². The second-order valence-corrected chi connectivity index (χ2v) is 8.27. The summed E-state index contributed by atoms with van der Waals surface area (Å²) < 4.78 is 0. The van der Waals surface area contributed by atoms with Crippen LogP contribution in [0.25, 0.3) is 0 Å². The van der Waals surface area contributed by atoms with Gasteiger partial charge in [-0.05, 0) is 32.1 Å². The molecule has 0 bridgehead atoms. The first-order valence-corrected chi connectivity index (χ1v) is 9.85. The van der Waals surface area contributed by atoms with Gasteiger partial charge >= 0.3 is 23.1 Å². The van der Waals surface area contributed by atoms with E-state index in [-0.39, 0.29) is 52.6 Å². The van der Waals surface area contributed by atoms with Crippen LogP contribution < -0.4 is 20.8 Å². The molecule has 0 spiro atoms. The van der Waals surface area contributed by atoms with Crippen molar-refractivity contribution in [1.29, 1.82) is 0 Å². The Bertz CT molecular complexity index is 612. The monoisotopic (exact) mass is 420 g/mol. The predicted octanol–water partition coefficient (Wildman–Crippen LogP) is -1.45. The second-order valence-electron chi connectivity index (χ2n) is 8.27. The molecular weight excluding hydrogens is 389 g/mol. The van der Waals surface area contributed by atoms with Gasteiger partial charge in [0.25, 0.3) is 0 Å². The number of Topliss-reactive ketones (excluding diaryl/α,β-unsaturated/α-hetero) is 2. The summed E-state index contributed by atoms with van der Waals surface area (Å²) >= 11 is 0. The summed E-state index contributed by atoms with van der Waals surface area (Å²) in [6.45, 7) is 10.4. The van der Waals surface area contributed by atoms with Crippen molar-refractivity contribution < 1.29 is 29.4 Å².